The molecule has 0 bridgehead atoms. The molecule has 0 fully saturated rings. The molecule has 0 saturated carbocycles. The quantitative estimate of drug-likeness (QED) is 0.765. The van der Waals surface area contributed by atoms with Gasteiger partial charge < -0.3 is 4.57 Å². The van der Waals surface area contributed by atoms with Crippen LogP contribution in [0.25, 0.3) is 0 Å². The summed E-state index contributed by atoms with van der Waals surface area (Å²) in [7, 11) is 0. The fourth-order valence-corrected chi connectivity index (χ4v) is 2.91. The molecule has 0 aliphatic rings. The highest BCUT2D eigenvalue weighted by atomic mass is 79.9. The average Bonchev–Trinajstić information content (AvgIpc) is 2.24. The highest BCUT2D eigenvalue weighted by Gasteiger charge is 2.35. The summed E-state index contributed by atoms with van der Waals surface area (Å²) in [6, 6.07) is 3.24. The molecule has 19 heavy (non-hydrogen) atoms. The molecule has 0 N–H and O–H groups in total. The van der Waals surface area contributed by atoms with Crippen molar-refractivity contribution < 1.29 is 13.2 Å². The molecule has 0 spiro atoms. The van der Waals surface area contributed by atoms with Gasteiger partial charge in [0.25, 0.3) is 5.56 Å². The average molecular weight is 340 g/mol. The number of rotatable bonds is 3. The lowest BCUT2D eigenvalue weighted by atomic mass is 9.82. The fourth-order valence-electron chi connectivity index (χ4n) is 1.73. The Bertz CT molecular complexity index is 488. The second-order valence-electron chi connectivity index (χ2n) is 5.57. The van der Waals surface area contributed by atoms with Crippen molar-refractivity contribution in [1.82, 2.24) is 4.57 Å². The molecule has 0 radical (unpaired) electrons. The highest BCUT2D eigenvalue weighted by Crippen LogP contribution is 2.32. The summed E-state index contributed by atoms with van der Waals surface area (Å²) in [4.78, 5) is 11.7. The molecule has 0 aliphatic heterocycles. The standard InChI is InChI=1S/C13H17BrF3NO/c1-12(2,3)9(7-14)8-18-10(13(15,16)17)5-4-6-11(18)19/h4-6,9H,7-8H2,1-3H3. The maximum Gasteiger partial charge on any atom is 0.431 e. The van der Waals surface area contributed by atoms with Crippen molar-refractivity contribution >= 4 is 15.9 Å². The van der Waals surface area contributed by atoms with Gasteiger partial charge in [0, 0.05) is 17.9 Å². The molecule has 2 nitrogen and oxygen atoms in total. The van der Waals surface area contributed by atoms with Crippen LogP contribution in [0, 0.1) is 11.3 Å². The largest absolute Gasteiger partial charge is 0.431 e. The van der Waals surface area contributed by atoms with Crippen LogP contribution in [0.2, 0.25) is 0 Å². The van der Waals surface area contributed by atoms with Crippen molar-refractivity contribution in [3.8, 4) is 0 Å². The number of aromatic nitrogens is 1. The number of hydrogen-bond acceptors (Lipinski definition) is 1. The van der Waals surface area contributed by atoms with Crippen LogP contribution in [-0.2, 0) is 12.7 Å². The summed E-state index contributed by atoms with van der Waals surface area (Å²) in [6.45, 7) is 5.88. The second kappa shape index (κ2) is 5.69. The zero-order valence-corrected chi connectivity index (χ0v) is 12.7. The van der Waals surface area contributed by atoms with Crippen molar-refractivity contribution in [2.45, 2.75) is 33.5 Å². The first-order valence-corrected chi connectivity index (χ1v) is 7.02. The Balaban J connectivity index is 3.24. The lowest BCUT2D eigenvalue weighted by Gasteiger charge is -2.30. The Kier molecular flexibility index (Phi) is 4.87. The molecule has 1 heterocycles. The molecule has 0 aromatic carbocycles. The van der Waals surface area contributed by atoms with Crippen LogP contribution in [-0.4, -0.2) is 9.90 Å². The first-order chi connectivity index (χ1) is 8.57. The summed E-state index contributed by atoms with van der Waals surface area (Å²) < 4.78 is 39.5. The molecule has 0 aliphatic carbocycles. The number of pyridine rings is 1. The Morgan fingerprint density at radius 2 is 1.84 bits per heavy atom. The molecule has 1 rings (SSSR count). The van der Waals surface area contributed by atoms with E-state index in [1.54, 1.807) is 0 Å². The molecule has 1 aromatic rings. The number of nitrogens with zero attached hydrogens (tertiary/aromatic N) is 1. The summed E-state index contributed by atoms with van der Waals surface area (Å²) in [6.07, 6.45) is -4.52. The summed E-state index contributed by atoms with van der Waals surface area (Å²) in [5.74, 6) is -0.0753. The Morgan fingerprint density at radius 1 is 1.26 bits per heavy atom. The van der Waals surface area contributed by atoms with Gasteiger partial charge in [0.2, 0.25) is 0 Å². The van der Waals surface area contributed by atoms with E-state index in [0.29, 0.717) is 5.33 Å². The Morgan fingerprint density at radius 3 is 2.26 bits per heavy atom. The van der Waals surface area contributed by atoms with Crippen LogP contribution in [0.5, 0.6) is 0 Å². The molecular formula is C13H17BrF3NO. The van der Waals surface area contributed by atoms with Crippen LogP contribution < -0.4 is 5.56 Å². The van der Waals surface area contributed by atoms with E-state index in [9.17, 15) is 18.0 Å². The van der Waals surface area contributed by atoms with Gasteiger partial charge in [-0.3, -0.25) is 4.79 Å². The molecule has 0 saturated heterocycles. The van der Waals surface area contributed by atoms with E-state index in [1.807, 2.05) is 20.8 Å². The maximum atomic E-state index is 12.9. The van der Waals surface area contributed by atoms with E-state index in [4.69, 9.17) is 0 Å². The van der Waals surface area contributed by atoms with Gasteiger partial charge in [-0.2, -0.15) is 13.2 Å². The molecule has 108 valence electrons. The van der Waals surface area contributed by atoms with Gasteiger partial charge in [-0.15, -0.1) is 0 Å². The van der Waals surface area contributed by atoms with Gasteiger partial charge in [-0.05, 0) is 17.4 Å². The van der Waals surface area contributed by atoms with Gasteiger partial charge in [0.15, 0.2) is 0 Å². The number of halogens is 4. The van der Waals surface area contributed by atoms with Crippen molar-refractivity contribution in [1.29, 1.82) is 0 Å². The van der Waals surface area contributed by atoms with E-state index in [2.05, 4.69) is 15.9 Å². The van der Waals surface area contributed by atoms with Crippen molar-refractivity contribution in [3.63, 3.8) is 0 Å². The normalized spacial score (nSPS) is 14.5. The third-order valence-electron chi connectivity index (χ3n) is 3.15. The lowest BCUT2D eigenvalue weighted by molar-refractivity contribution is -0.144. The number of hydrogen-bond donors (Lipinski definition) is 0. The van der Waals surface area contributed by atoms with Crippen LogP contribution in [0.15, 0.2) is 23.0 Å². The fraction of sp³-hybridized carbons (Fsp3) is 0.615. The molecule has 1 atom stereocenters. The van der Waals surface area contributed by atoms with E-state index in [-0.39, 0.29) is 17.9 Å². The number of alkyl halides is 4. The van der Waals surface area contributed by atoms with Gasteiger partial charge in [0.05, 0.1) is 0 Å². The molecule has 1 unspecified atom stereocenters. The SMILES string of the molecule is CC(C)(C)C(CBr)Cn1c(C(F)(F)F)cccc1=O. The monoisotopic (exact) mass is 339 g/mol. The van der Waals surface area contributed by atoms with E-state index in [0.717, 1.165) is 22.8 Å². The van der Waals surface area contributed by atoms with Gasteiger partial charge in [-0.1, -0.05) is 42.8 Å². The lowest BCUT2D eigenvalue weighted by Crippen LogP contribution is -2.34. The van der Waals surface area contributed by atoms with Crippen molar-refractivity contribution in [2.75, 3.05) is 5.33 Å². The topological polar surface area (TPSA) is 22.0 Å². The van der Waals surface area contributed by atoms with E-state index >= 15 is 0 Å². The predicted molar refractivity (Wildman–Crippen MR) is 72.4 cm³/mol. The first-order valence-electron chi connectivity index (χ1n) is 5.90. The second-order valence-corrected chi connectivity index (χ2v) is 6.22. The third kappa shape index (κ3) is 4.09. The van der Waals surface area contributed by atoms with E-state index in [1.165, 1.54) is 0 Å². The molecule has 6 heteroatoms. The van der Waals surface area contributed by atoms with Gasteiger partial charge in [0.1, 0.15) is 5.69 Å². The van der Waals surface area contributed by atoms with Crippen LogP contribution >= 0.6 is 15.9 Å². The minimum atomic E-state index is -4.52. The molecule has 1 aromatic heterocycles. The first kappa shape index (κ1) is 16.3. The summed E-state index contributed by atoms with van der Waals surface area (Å²) >= 11 is 3.31. The highest BCUT2D eigenvalue weighted by molar-refractivity contribution is 9.09. The van der Waals surface area contributed by atoms with Crippen LogP contribution in [0.4, 0.5) is 13.2 Å². The zero-order valence-electron chi connectivity index (χ0n) is 11.1. The van der Waals surface area contributed by atoms with E-state index < -0.39 is 17.4 Å². The smallest absolute Gasteiger partial charge is 0.304 e. The molecular weight excluding hydrogens is 323 g/mol. The minimum Gasteiger partial charge on any atom is -0.304 e. The Labute approximate surface area is 118 Å². The Hall–Kier alpha value is -0.780. The van der Waals surface area contributed by atoms with Crippen LogP contribution in [0.3, 0.4) is 0 Å². The zero-order chi connectivity index (χ0) is 14.8. The van der Waals surface area contributed by atoms with Crippen molar-refractivity contribution in [2.24, 2.45) is 11.3 Å². The summed E-state index contributed by atoms with van der Waals surface area (Å²) in [5.41, 5.74) is -1.71. The van der Waals surface area contributed by atoms with Crippen LogP contribution in [0.1, 0.15) is 26.5 Å². The predicted octanol–water partition coefficient (Wildman–Crippen LogP) is 3.92. The minimum absolute atomic E-state index is 0.0449. The maximum absolute atomic E-state index is 12.9. The third-order valence-corrected chi connectivity index (χ3v) is 3.94. The van der Waals surface area contributed by atoms with Gasteiger partial charge in [-0.25, -0.2) is 0 Å². The van der Waals surface area contributed by atoms with Gasteiger partial charge >= 0.3 is 6.18 Å². The molecule has 0 amide bonds. The summed E-state index contributed by atoms with van der Waals surface area (Å²) in [5, 5.41) is 0.537. The van der Waals surface area contributed by atoms with Crippen molar-refractivity contribution in [3.05, 3.63) is 34.2 Å².